The molecule has 132 valence electrons. The molecule has 0 fully saturated rings. The lowest BCUT2D eigenvalue weighted by Crippen LogP contribution is -2.14. The van der Waals surface area contributed by atoms with E-state index in [1.165, 1.54) is 11.8 Å². The van der Waals surface area contributed by atoms with Gasteiger partial charge in [0.05, 0.1) is 19.5 Å². The molecule has 3 rings (SSSR count). The van der Waals surface area contributed by atoms with Crippen molar-refractivity contribution in [3.63, 3.8) is 0 Å². The number of methoxy groups -OCH3 is 1. The molecule has 0 saturated heterocycles. The molecular weight excluding hydrogens is 328 g/mol. The number of rotatable bonds is 5. The smallest absolute Gasteiger partial charge is 0.275 e. The van der Waals surface area contributed by atoms with Crippen LogP contribution in [0.2, 0.25) is 0 Å². The lowest BCUT2D eigenvalue weighted by Gasteiger charge is -2.11. The molecule has 0 radical (unpaired) electrons. The van der Waals surface area contributed by atoms with Gasteiger partial charge in [-0.25, -0.2) is 9.97 Å². The summed E-state index contributed by atoms with van der Waals surface area (Å²) in [6, 6.07) is 13.1. The number of nitrogens with zero attached hydrogens (tertiary/aromatic N) is 2. The number of hydrogen-bond donors (Lipinski definition) is 2. The highest BCUT2D eigenvalue weighted by atomic mass is 16.5. The van der Waals surface area contributed by atoms with Crippen LogP contribution < -0.4 is 15.4 Å². The molecule has 1 amide bonds. The molecule has 0 aliphatic rings. The first-order valence-corrected chi connectivity index (χ1v) is 8.17. The average Bonchev–Trinajstić information content (AvgIpc) is 2.66. The molecule has 0 saturated carbocycles. The van der Waals surface area contributed by atoms with Gasteiger partial charge in [0.25, 0.3) is 5.91 Å². The topological polar surface area (TPSA) is 76.1 Å². The van der Waals surface area contributed by atoms with Crippen LogP contribution in [0.1, 0.15) is 21.6 Å². The van der Waals surface area contributed by atoms with Crippen molar-refractivity contribution in [3.05, 3.63) is 71.7 Å². The minimum Gasteiger partial charge on any atom is -0.497 e. The Kier molecular flexibility index (Phi) is 5.12. The monoisotopic (exact) mass is 348 g/mol. The van der Waals surface area contributed by atoms with E-state index >= 15 is 0 Å². The van der Waals surface area contributed by atoms with Crippen LogP contribution in [0.3, 0.4) is 0 Å². The van der Waals surface area contributed by atoms with Gasteiger partial charge in [-0.2, -0.15) is 0 Å². The number of benzene rings is 2. The van der Waals surface area contributed by atoms with E-state index in [4.69, 9.17) is 4.74 Å². The second-order valence-electron chi connectivity index (χ2n) is 5.85. The zero-order chi connectivity index (χ0) is 18.5. The lowest BCUT2D eigenvalue weighted by molar-refractivity contribution is 0.102. The summed E-state index contributed by atoms with van der Waals surface area (Å²) in [5, 5.41) is 6.00. The van der Waals surface area contributed by atoms with Gasteiger partial charge in [-0.3, -0.25) is 4.79 Å². The van der Waals surface area contributed by atoms with Gasteiger partial charge in [-0.05, 0) is 43.2 Å². The Morgan fingerprint density at radius 2 is 1.85 bits per heavy atom. The quantitative estimate of drug-likeness (QED) is 0.726. The third kappa shape index (κ3) is 3.97. The van der Waals surface area contributed by atoms with Crippen molar-refractivity contribution in [2.24, 2.45) is 0 Å². The van der Waals surface area contributed by atoms with Crippen LogP contribution in [0, 0.1) is 13.8 Å². The molecule has 3 aromatic rings. The highest BCUT2D eigenvalue weighted by Crippen LogP contribution is 2.21. The molecule has 26 heavy (non-hydrogen) atoms. The average molecular weight is 348 g/mol. The Balaban J connectivity index is 1.70. The predicted octanol–water partition coefficient (Wildman–Crippen LogP) is 4.10. The molecule has 6 nitrogen and oxygen atoms in total. The second-order valence-corrected chi connectivity index (χ2v) is 5.85. The maximum Gasteiger partial charge on any atom is 0.275 e. The zero-order valence-corrected chi connectivity index (χ0v) is 14.9. The fourth-order valence-electron chi connectivity index (χ4n) is 2.43. The van der Waals surface area contributed by atoms with E-state index in [0.29, 0.717) is 17.3 Å². The Hall–Kier alpha value is -3.41. The molecule has 6 heteroatoms. The molecule has 0 unspecified atom stereocenters. The normalized spacial score (nSPS) is 10.3. The van der Waals surface area contributed by atoms with Crippen LogP contribution in [-0.2, 0) is 0 Å². The Labute approximate surface area is 152 Å². The number of aromatic nitrogens is 2. The van der Waals surface area contributed by atoms with Crippen molar-refractivity contribution in [2.75, 3.05) is 17.7 Å². The fraction of sp³-hybridized carbons (Fsp3) is 0.150. The summed E-state index contributed by atoms with van der Waals surface area (Å²) in [4.78, 5) is 20.8. The summed E-state index contributed by atoms with van der Waals surface area (Å²) in [5.41, 5.74) is 4.17. The van der Waals surface area contributed by atoms with Crippen LogP contribution in [-0.4, -0.2) is 23.0 Å². The van der Waals surface area contributed by atoms with Gasteiger partial charge in [0, 0.05) is 17.4 Å². The third-order valence-corrected chi connectivity index (χ3v) is 4.08. The van der Waals surface area contributed by atoms with Gasteiger partial charge in [-0.15, -0.1) is 0 Å². The van der Waals surface area contributed by atoms with Crippen molar-refractivity contribution in [3.8, 4) is 5.75 Å². The number of carbonyl (C=O) groups is 1. The third-order valence-electron chi connectivity index (χ3n) is 4.08. The molecule has 1 aromatic heterocycles. The Bertz CT molecular complexity index is 923. The molecule has 0 atom stereocenters. The minimum absolute atomic E-state index is 0.235. The summed E-state index contributed by atoms with van der Waals surface area (Å²) in [6.45, 7) is 4.10. The number of anilines is 3. The van der Waals surface area contributed by atoms with E-state index < -0.39 is 0 Å². The molecule has 2 N–H and O–H groups in total. The van der Waals surface area contributed by atoms with Crippen molar-refractivity contribution in [1.82, 2.24) is 9.97 Å². The molecule has 0 bridgehead atoms. The minimum atomic E-state index is -0.330. The summed E-state index contributed by atoms with van der Waals surface area (Å²) in [7, 11) is 1.58. The van der Waals surface area contributed by atoms with Crippen molar-refractivity contribution in [2.45, 2.75) is 13.8 Å². The maximum absolute atomic E-state index is 12.3. The van der Waals surface area contributed by atoms with E-state index in [1.54, 1.807) is 31.5 Å². The maximum atomic E-state index is 12.3. The molecule has 1 heterocycles. The van der Waals surface area contributed by atoms with E-state index in [0.717, 1.165) is 11.3 Å². The van der Waals surface area contributed by atoms with Crippen LogP contribution >= 0.6 is 0 Å². The molecule has 0 aliphatic heterocycles. The summed E-state index contributed by atoms with van der Waals surface area (Å²) < 4.78 is 5.14. The Morgan fingerprint density at radius 1 is 1.04 bits per heavy atom. The number of carbonyl (C=O) groups excluding carboxylic acids is 1. The largest absolute Gasteiger partial charge is 0.497 e. The highest BCUT2D eigenvalue weighted by Gasteiger charge is 2.10. The SMILES string of the molecule is COc1cccc(NC(=O)c2cnc(Nc3cccc(C)c3C)cn2)c1. The van der Waals surface area contributed by atoms with Crippen LogP contribution in [0.25, 0.3) is 0 Å². The highest BCUT2D eigenvalue weighted by molar-refractivity contribution is 6.02. The number of ether oxygens (including phenoxy) is 1. The van der Waals surface area contributed by atoms with Crippen LogP contribution in [0.15, 0.2) is 54.9 Å². The van der Waals surface area contributed by atoms with Gasteiger partial charge in [0.2, 0.25) is 0 Å². The van der Waals surface area contributed by atoms with Crippen molar-refractivity contribution < 1.29 is 9.53 Å². The zero-order valence-electron chi connectivity index (χ0n) is 14.9. The van der Waals surface area contributed by atoms with Gasteiger partial charge in [-0.1, -0.05) is 18.2 Å². The fourth-order valence-corrected chi connectivity index (χ4v) is 2.43. The van der Waals surface area contributed by atoms with E-state index in [2.05, 4.69) is 33.6 Å². The number of amides is 1. The molecule has 0 spiro atoms. The molecule has 2 aromatic carbocycles. The van der Waals surface area contributed by atoms with Crippen molar-refractivity contribution in [1.29, 1.82) is 0 Å². The van der Waals surface area contributed by atoms with Gasteiger partial charge in [0.1, 0.15) is 17.3 Å². The first-order valence-electron chi connectivity index (χ1n) is 8.17. The summed E-state index contributed by atoms with van der Waals surface area (Å²) >= 11 is 0. The van der Waals surface area contributed by atoms with E-state index in [-0.39, 0.29) is 11.6 Å². The van der Waals surface area contributed by atoms with Crippen LogP contribution in [0.4, 0.5) is 17.2 Å². The summed E-state index contributed by atoms with van der Waals surface area (Å²) in [5.74, 6) is 0.919. The number of nitrogens with one attached hydrogen (secondary N) is 2. The first-order chi connectivity index (χ1) is 12.6. The molecule has 0 aliphatic carbocycles. The molecular formula is C20H20N4O2. The predicted molar refractivity (Wildman–Crippen MR) is 102 cm³/mol. The van der Waals surface area contributed by atoms with Gasteiger partial charge in [0.15, 0.2) is 0 Å². The Morgan fingerprint density at radius 3 is 2.58 bits per heavy atom. The summed E-state index contributed by atoms with van der Waals surface area (Å²) in [6.07, 6.45) is 2.99. The standard InChI is InChI=1S/C20H20N4O2/c1-13-6-4-9-17(14(13)2)24-19-12-21-18(11-22-19)20(25)23-15-7-5-8-16(10-15)26-3/h4-12H,1-3H3,(H,22,24)(H,23,25). The number of aryl methyl sites for hydroxylation is 1. The lowest BCUT2D eigenvalue weighted by atomic mass is 10.1. The second kappa shape index (κ2) is 7.65. The first kappa shape index (κ1) is 17.4. The van der Waals surface area contributed by atoms with Gasteiger partial charge < -0.3 is 15.4 Å². The van der Waals surface area contributed by atoms with E-state index in [9.17, 15) is 4.79 Å². The number of hydrogen-bond acceptors (Lipinski definition) is 5. The van der Waals surface area contributed by atoms with E-state index in [1.807, 2.05) is 25.1 Å². The van der Waals surface area contributed by atoms with Crippen LogP contribution in [0.5, 0.6) is 5.75 Å². The van der Waals surface area contributed by atoms with Crippen molar-refractivity contribution >= 4 is 23.1 Å². The van der Waals surface area contributed by atoms with Gasteiger partial charge >= 0.3 is 0 Å².